The van der Waals surface area contributed by atoms with E-state index in [9.17, 15) is 4.79 Å². The molecule has 11 nitrogen and oxygen atoms in total. The molecule has 1 aromatic carbocycles. The Morgan fingerprint density at radius 3 is 2.71 bits per heavy atom. The molecule has 0 aliphatic carbocycles. The molecule has 1 unspecified atom stereocenters. The van der Waals surface area contributed by atoms with Crippen LogP contribution < -0.4 is 10.6 Å². The predicted molar refractivity (Wildman–Crippen MR) is 131 cm³/mol. The molecular weight excluding hydrogens is 464 g/mol. The van der Waals surface area contributed by atoms with Crippen LogP contribution in [0, 0.1) is 6.92 Å². The lowest BCUT2D eigenvalue weighted by Gasteiger charge is -2.37. The van der Waals surface area contributed by atoms with Crippen LogP contribution in [0.3, 0.4) is 0 Å². The van der Waals surface area contributed by atoms with Crippen LogP contribution in [0.15, 0.2) is 48.2 Å². The molecular formula is C23H20N10OS. The van der Waals surface area contributed by atoms with E-state index in [1.165, 1.54) is 11.3 Å². The molecule has 1 aliphatic heterocycles. The number of fused-ring (bicyclic) bond motifs is 3. The Balaban J connectivity index is 1.56. The maximum absolute atomic E-state index is 11.6. The van der Waals surface area contributed by atoms with Gasteiger partial charge in [0.05, 0.1) is 24.0 Å². The maximum Gasteiger partial charge on any atom is 0.248 e. The third-order valence-corrected chi connectivity index (χ3v) is 6.81. The highest BCUT2D eigenvalue weighted by Gasteiger charge is 2.36. The zero-order valence-corrected chi connectivity index (χ0v) is 19.7. The van der Waals surface area contributed by atoms with E-state index in [0.29, 0.717) is 17.2 Å². The van der Waals surface area contributed by atoms with Crippen molar-refractivity contribution >= 4 is 28.7 Å². The number of aromatic amines is 1. The molecule has 1 aliphatic rings. The predicted octanol–water partition coefficient (Wildman–Crippen LogP) is 3.58. The van der Waals surface area contributed by atoms with E-state index < -0.39 is 5.91 Å². The van der Waals surface area contributed by atoms with Gasteiger partial charge in [0.15, 0.2) is 17.5 Å². The summed E-state index contributed by atoms with van der Waals surface area (Å²) in [4.78, 5) is 27.8. The van der Waals surface area contributed by atoms with Crippen molar-refractivity contribution in [2.75, 3.05) is 4.90 Å². The van der Waals surface area contributed by atoms with Crippen LogP contribution in [-0.2, 0) is 0 Å². The lowest BCUT2D eigenvalue weighted by Crippen LogP contribution is -2.32. The van der Waals surface area contributed by atoms with E-state index in [4.69, 9.17) is 10.7 Å². The number of carbonyl (C=O) groups is 1. The van der Waals surface area contributed by atoms with E-state index in [1.54, 1.807) is 30.7 Å². The van der Waals surface area contributed by atoms with E-state index in [0.717, 1.165) is 45.7 Å². The summed E-state index contributed by atoms with van der Waals surface area (Å²) in [6, 6.07) is 7.03. The normalized spacial score (nSPS) is 14.6. The number of thiazole rings is 1. The molecule has 1 atom stereocenters. The zero-order valence-electron chi connectivity index (χ0n) is 18.9. The molecule has 1 amide bonds. The number of aryl methyl sites for hydroxylation is 1. The van der Waals surface area contributed by atoms with Crippen LogP contribution in [-0.4, -0.2) is 45.8 Å². The minimum atomic E-state index is -0.475. The first-order valence-electron chi connectivity index (χ1n) is 11.0. The van der Waals surface area contributed by atoms with Gasteiger partial charge in [-0.25, -0.2) is 15.0 Å². The lowest BCUT2D eigenvalue weighted by atomic mass is 10.1. The van der Waals surface area contributed by atoms with Gasteiger partial charge in [-0.05, 0) is 37.6 Å². The highest BCUT2D eigenvalue weighted by Crippen LogP contribution is 2.44. The number of aromatic nitrogens is 8. The van der Waals surface area contributed by atoms with Crippen LogP contribution in [0.25, 0.3) is 27.8 Å². The molecule has 12 heteroatoms. The summed E-state index contributed by atoms with van der Waals surface area (Å²) in [5, 5.41) is 18.8. The minimum Gasteiger partial charge on any atom is -0.366 e. The van der Waals surface area contributed by atoms with E-state index in [2.05, 4.69) is 42.2 Å². The first-order chi connectivity index (χ1) is 17.1. The Bertz CT molecular complexity index is 1540. The Hall–Kier alpha value is -4.45. The fourth-order valence-electron chi connectivity index (χ4n) is 4.41. The van der Waals surface area contributed by atoms with Gasteiger partial charge in [-0.15, -0.1) is 21.5 Å². The van der Waals surface area contributed by atoms with Crippen molar-refractivity contribution in [3.05, 3.63) is 65.4 Å². The van der Waals surface area contributed by atoms with Crippen molar-refractivity contribution in [2.24, 2.45) is 5.73 Å². The van der Waals surface area contributed by atoms with Gasteiger partial charge < -0.3 is 10.6 Å². The van der Waals surface area contributed by atoms with Gasteiger partial charge in [0.1, 0.15) is 22.2 Å². The van der Waals surface area contributed by atoms with Crippen LogP contribution in [0.2, 0.25) is 0 Å². The largest absolute Gasteiger partial charge is 0.366 e. The van der Waals surface area contributed by atoms with Gasteiger partial charge in [-0.2, -0.15) is 5.10 Å². The number of benzene rings is 1. The second-order valence-corrected chi connectivity index (χ2v) is 8.94. The molecule has 0 saturated heterocycles. The fourth-order valence-corrected chi connectivity index (χ4v) is 5.05. The molecule has 0 saturated carbocycles. The summed E-state index contributed by atoms with van der Waals surface area (Å²) < 4.78 is 2.00. The van der Waals surface area contributed by atoms with E-state index in [-0.39, 0.29) is 6.04 Å². The van der Waals surface area contributed by atoms with Gasteiger partial charge in [-0.1, -0.05) is 6.92 Å². The smallest absolute Gasteiger partial charge is 0.248 e. The van der Waals surface area contributed by atoms with Crippen molar-refractivity contribution in [1.82, 2.24) is 39.9 Å². The van der Waals surface area contributed by atoms with Crippen molar-refractivity contribution < 1.29 is 4.79 Å². The molecule has 0 spiro atoms. The van der Waals surface area contributed by atoms with Gasteiger partial charge in [0.2, 0.25) is 5.91 Å². The second-order valence-electron chi connectivity index (χ2n) is 8.04. The Labute approximate surface area is 203 Å². The minimum absolute atomic E-state index is 0.131. The molecule has 6 rings (SSSR count). The molecule has 0 bridgehead atoms. The van der Waals surface area contributed by atoms with Crippen molar-refractivity contribution in [3.63, 3.8) is 0 Å². The number of nitrogens with two attached hydrogens (primary N) is 1. The third kappa shape index (κ3) is 3.29. The molecule has 5 aromatic rings. The third-order valence-electron chi connectivity index (χ3n) is 6.02. The quantitative estimate of drug-likeness (QED) is 0.385. The number of anilines is 2. The number of primary amides is 1. The number of rotatable bonds is 5. The SMILES string of the molecule is CCC1c2nnc(C)n2-c2cnc(-c3cn[nH]c3-c3nccs3)nc2N1c1ccc(C(N)=O)cc1. The topological polar surface area (TPSA) is 144 Å². The Morgan fingerprint density at radius 2 is 2.00 bits per heavy atom. The molecule has 174 valence electrons. The summed E-state index contributed by atoms with van der Waals surface area (Å²) in [5.74, 6) is 2.31. The van der Waals surface area contributed by atoms with Crippen molar-refractivity contribution in [1.29, 1.82) is 0 Å². The summed E-state index contributed by atoms with van der Waals surface area (Å²) >= 11 is 1.51. The van der Waals surface area contributed by atoms with E-state index >= 15 is 0 Å². The Morgan fingerprint density at radius 1 is 1.17 bits per heavy atom. The highest BCUT2D eigenvalue weighted by atomic mass is 32.1. The molecule has 0 radical (unpaired) electrons. The average molecular weight is 485 g/mol. The number of H-pyrrole nitrogens is 1. The summed E-state index contributed by atoms with van der Waals surface area (Å²) in [5.41, 5.74) is 9.04. The Kier molecular flexibility index (Phi) is 4.88. The summed E-state index contributed by atoms with van der Waals surface area (Å²) in [6.45, 7) is 4.00. The van der Waals surface area contributed by atoms with Crippen LogP contribution in [0.4, 0.5) is 11.5 Å². The monoisotopic (exact) mass is 484 g/mol. The van der Waals surface area contributed by atoms with Crippen molar-refractivity contribution in [3.8, 4) is 27.8 Å². The number of hydrogen-bond acceptors (Lipinski definition) is 9. The number of nitrogens with one attached hydrogen (secondary N) is 1. The van der Waals surface area contributed by atoms with Crippen LogP contribution >= 0.6 is 11.3 Å². The van der Waals surface area contributed by atoms with Gasteiger partial charge >= 0.3 is 0 Å². The van der Waals surface area contributed by atoms with Gasteiger partial charge in [0, 0.05) is 22.8 Å². The molecule has 5 heterocycles. The number of amides is 1. The first-order valence-corrected chi connectivity index (χ1v) is 11.9. The highest BCUT2D eigenvalue weighted by molar-refractivity contribution is 7.13. The van der Waals surface area contributed by atoms with Crippen molar-refractivity contribution in [2.45, 2.75) is 26.3 Å². The molecule has 3 N–H and O–H groups in total. The molecule has 4 aromatic heterocycles. The fraction of sp³-hybridized carbons (Fsp3) is 0.174. The van der Waals surface area contributed by atoms with Crippen LogP contribution in [0.5, 0.6) is 0 Å². The molecule has 35 heavy (non-hydrogen) atoms. The molecule has 0 fully saturated rings. The first kappa shape index (κ1) is 21.1. The summed E-state index contributed by atoms with van der Waals surface area (Å²) in [7, 11) is 0. The van der Waals surface area contributed by atoms with Gasteiger partial charge in [0.25, 0.3) is 0 Å². The number of carbonyl (C=O) groups excluding carboxylic acids is 1. The average Bonchev–Trinajstić information content (AvgIpc) is 3.64. The number of nitrogens with zero attached hydrogens (tertiary/aromatic N) is 8. The standard InChI is InChI=1S/C23H20N10OS/c1-3-16-22-31-29-12(2)32(22)17-11-26-20(15-10-27-30-18(15)23-25-8-9-35-23)28-21(17)33(16)14-6-4-13(5-7-14)19(24)34/h4-11,16H,3H2,1-2H3,(H2,24,34)(H,27,30). The maximum atomic E-state index is 11.6. The van der Waals surface area contributed by atoms with Crippen LogP contribution in [0.1, 0.15) is 41.4 Å². The zero-order chi connectivity index (χ0) is 24.1. The second kappa shape index (κ2) is 8.09. The summed E-state index contributed by atoms with van der Waals surface area (Å²) in [6.07, 6.45) is 6.00. The lowest BCUT2D eigenvalue weighted by molar-refractivity contribution is 0.100. The van der Waals surface area contributed by atoms with Gasteiger partial charge in [-0.3, -0.25) is 14.5 Å². The number of hydrogen-bond donors (Lipinski definition) is 2. The van der Waals surface area contributed by atoms with E-state index in [1.807, 2.05) is 29.0 Å².